The molecule has 0 saturated heterocycles. The third-order valence-electron chi connectivity index (χ3n) is 1.78. The van der Waals surface area contributed by atoms with Crippen LogP contribution in [-0.4, -0.2) is 17.0 Å². The van der Waals surface area contributed by atoms with E-state index in [4.69, 9.17) is 0 Å². The molecule has 0 spiro atoms. The summed E-state index contributed by atoms with van der Waals surface area (Å²) in [5.74, 6) is -0.890. The summed E-state index contributed by atoms with van der Waals surface area (Å²) in [5, 5.41) is 10.5. The topological polar surface area (TPSA) is 65.3 Å². The highest BCUT2D eigenvalue weighted by molar-refractivity contribution is 5.41. The highest BCUT2D eigenvalue weighted by Gasteiger charge is 2.24. The normalized spacial score (nSPS) is 10.5. The third kappa shape index (κ3) is 2.17. The number of halogens is 2. The summed E-state index contributed by atoms with van der Waals surface area (Å²) in [4.78, 5) is 13.1. The molecule has 0 aliphatic rings. The van der Waals surface area contributed by atoms with Crippen LogP contribution in [0.25, 0.3) is 0 Å². The van der Waals surface area contributed by atoms with Gasteiger partial charge in [0.2, 0.25) is 0 Å². The average Bonchev–Trinajstić information content (AvgIpc) is 2.16. The van der Waals surface area contributed by atoms with Gasteiger partial charge in [0, 0.05) is 10.5 Å². The van der Waals surface area contributed by atoms with Crippen LogP contribution in [0.5, 0.6) is 5.88 Å². The Morgan fingerprint density at radius 3 is 2.60 bits per heavy atom. The second-order valence-electron chi connectivity index (χ2n) is 2.79. The van der Waals surface area contributed by atoms with Crippen molar-refractivity contribution >= 4 is 5.82 Å². The van der Waals surface area contributed by atoms with Crippen molar-refractivity contribution in [2.24, 2.45) is 0 Å². The summed E-state index contributed by atoms with van der Waals surface area (Å²) < 4.78 is 29.4. The Morgan fingerprint density at radius 1 is 1.60 bits per heavy atom. The Morgan fingerprint density at radius 2 is 2.20 bits per heavy atom. The van der Waals surface area contributed by atoms with E-state index < -0.39 is 28.6 Å². The molecule has 1 heterocycles. The number of alkyl halides is 2. The van der Waals surface area contributed by atoms with Crippen molar-refractivity contribution in [1.82, 2.24) is 4.98 Å². The maximum Gasteiger partial charge on any atom is 0.370 e. The molecule has 0 unspecified atom stereocenters. The minimum Gasteiger partial charge on any atom is -0.462 e. The van der Waals surface area contributed by atoms with Crippen LogP contribution in [0, 0.1) is 17.0 Å². The molecule has 5 nitrogen and oxygen atoms in total. The summed E-state index contributed by atoms with van der Waals surface area (Å²) in [6, 6.07) is 1.01. The lowest BCUT2D eigenvalue weighted by atomic mass is 10.2. The molecule has 0 fully saturated rings. The number of hydrogen-bond donors (Lipinski definition) is 0. The summed E-state index contributed by atoms with van der Waals surface area (Å²) in [6.07, 6.45) is -2.77. The van der Waals surface area contributed by atoms with Gasteiger partial charge in [-0.25, -0.2) is 8.78 Å². The highest BCUT2D eigenvalue weighted by atomic mass is 19.3. The largest absolute Gasteiger partial charge is 0.462 e. The van der Waals surface area contributed by atoms with E-state index >= 15 is 0 Å². The molecule has 0 aliphatic heterocycles. The standard InChI is InChI=1S/C8H8F2N2O3/c1-4-3-5(6(9)10)8(15-2)11-7(4)12(13)14/h3,6H,1-2H3. The van der Waals surface area contributed by atoms with Crippen LogP contribution in [0.1, 0.15) is 17.6 Å². The van der Waals surface area contributed by atoms with Crippen molar-refractivity contribution in [3.8, 4) is 5.88 Å². The number of rotatable bonds is 3. The molecule has 15 heavy (non-hydrogen) atoms. The van der Waals surface area contributed by atoms with E-state index in [9.17, 15) is 18.9 Å². The quantitative estimate of drug-likeness (QED) is 0.576. The van der Waals surface area contributed by atoms with Crippen molar-refractivity contribution in [3.05, 3.63) is 27.3 Å². The second-order valence-corrected chi connectivity index (χ2v) is 2.79. The number of pyridine rings is 1. The van der Waals surface area contributed by atoms with E-state index in [0.717, 1.165) is 13.2 Å². The van der Waals surface area contributed by atoms with Crippen molar-refractivity contribution in [3.63, 3.8) is 0 Å². The molecule has 7 heteroatoms. The maximum absolute atomic E-state index is 12.4. The van der Waals surface area contributed by atoms with Gasteiger partial charge in [-0.1, -0.05) is 0 Å². The molecule has 1 aromatic rings. The number of nitro groups is 1. The van der Waals surface area contributed by atoms with Crippen molar-refractivity contribution < 1.29 is 18.4 Å². The van der Waals surface area contributed by atoms with E-state index in [2.05, 4.69) is 9.72 Å². The lowest BCUT2D eigenvalue weighted by Crippen LogP contribution is -2.02. The number of methoxy groups -OCH3 is 1. The van der Waals surface area contributed by atoms with Gasteiger partial charge in [0.25, 0.3) is 6.43 Å². The molecule has 1 aromatic heterocycles. The first-order valence-electron chi connectivity index (χ1n) is 3.95. The molecule has 0 amide bonds. The lowest BCUT2D eigenvalue weighted by Gasteiger charge is -2.04. The Labute approximate surface area is 83.8 Å². The van der Waals surface area contributed by atoms with Crippen LogP contribution in [0.15, 0.2) is 6.07 Å². The van der Waals surface area contributed by atoms with Gasteiger partial charge >= 0.3 is 11.7 Å². The molecule has 0 N–H and O–H groups in total. The van der Waals surface area contributed by atoms with Gasteiger partial charge in [0.05, 0.1) is 7.11 Å². The average molecular weight is 218 g/mol. The zero-order valence-electron chi connectivity index (χ0n) is 8.03. The number of aryl methyl sites for hydroxylation is 1. The molecule has 0 aliphatic carbocycles. The van der Waals surface area contributed by atoms with Gasteiger partial charge in [-0.3, -0.25) is 0 Å². The van der Waals surface area contributed by atoms with E-state index in [1.165, 1.54) is 6.92 Å². The molecule has 0 saturated carbocycles. The van der Waals surface area contributed by atoms with E-state index in [1.807, 2.05) is 0 Å². The number of nitrogens with zero attached hydrogens (tertiary/aromatic N) is 2. The summed E-state index contributed by atoms with van der Waals surface area (Å²) in [5.41, 5.74) is -0.364. The fourth-order valence-electron chi connectivity index (χ4n) is 1.11. The second kappa shape index (κ2) is 4.16. The minimum atomic E-state index is -2.77. The molecule has 0 bridgehead atoms. The van der Waals surface area contributed by atoms with Gasteiger partial charge in [-0.2, -0.15) is 0 Å². The van der Waals surface area contributed by atoms with Crippen LogP contribution in [-0.2, 0) is 0 Å². The molecule has 82 valence electrons. The molecular weight excluding hydrogens is 210 g/mol. The van der Waals surface area contributed by atoms with Crippen molar-refractivity contribution in [2.75, 3.05) is 7.11 Å². The van der Waals surface area contributed by atoms with Gasteiger partial charge in [-0.05, 0) is 17.9 Å². The molecule has 0 radical (unpaired) electrons. The fourth-order valence-corrected chi connectivity index (χ4v) is 1.11. The fraction of sp³-hybridized carbons (Fsp3) is 0.375. The molecular formula is C8H8F2N2O3. The SMILES string of the molecule is COc1nc([N+](=O)[O-])c(C)cc1C(F)F. The Balaban J connectivity index is 3.35. The van der Waals surface area contributed by atoms with Crippen LogP contribution in [0.2, 0.25) is 0 Å². The van der Waals surface area contributed by atoms with E-state index in [1.54, 1.807) is 0 Å². The molecule has 0 aromatic carbocycles. The van der Waals surface area contributed by atoms with Crippen LogP contribution in [0.3, 0.4) is 0 Å². The summed E-state index contributed by atoms with van der Waals surface area (Å²) in [6.45, 7) is 1.34. The molecule has 0 atom stereocenters. The predicted molar refractivity (Wildman–Crippen MR) is 47.1 cm³/mol. The molecule has 1 rings (SSSR count). The van der Waals surface area contributed by atoms with Crippen molar-refractivity contribution in [1.29, 1.82) is 0 Å². The van der Waals surface area contributed by atoms with Crippen LogP contribution >= 0.6 is 0 Å². The zero-order chi connectivity index (χ0) is 11.6. The Hall–Kier alpha value is -1.79. The third-order valence-corrected chi connectivity index (χ3v) is 1.78. The summed E-state index contributed by atoms with van der Waals surface area (Å²) >= 11 is 0. The number of aromatic nitrogens is 1. The Bertz CT molecular complexity index is 396. The first-order valence-corrected chi connectivity index (χ1v) is 3.95. The first kappa shape index (κ1) is 11.3. The number of ether oxygens (including phenoxy) is 1. The number of hydrogen-bond acceptors (Lipinski definition) is 4. The minimum absolute atomic E-state index is 0.0797. The van der Waals surface area contributed by atoms with Gasteiger partial charge < -0.3 is 14.9 Å². The smallest absolute Gasteiger partial charge is 0.370 e. The Kier molecular flexibility index (Phi) is 3.13. The van der Waals surface area contributed by atoms with E-state index in [-0.39, 0.29) is 5.56 Å². The van der Waals surface area contributed by atoms with Crippen LogP contribution < -0.4 is 4.74 Å². The van der Waals surface area contributed by atoms with Crippen molar-refractivity contribution in [2.45, 2.75) is 13.3 Å². The monoisotopic (exact) mass is 218 g/mol. The highest BCUT2D eigenvalue weighted by Crippen LogP contribution is 2.31. The lowest BCUT2D eigenvalue weighted by molar-refractivity contribution is -0.390. The predicted octanol–water partition coefficient (Wildman–Crippen LogP) is 2.24. The summed E-state index contributed by atoms with van der Waals surface area (Å²) in [7, 11) is 1.13. The first-order chi connectivity index (χ1) is 6.97. The van der Waals surface area contributed by atoms with Gasteiger partial charge in [0.1, 0.15) is 5.56 Å². The maximum atomic E-state index is 12.4. The van der Waals surface area contributed by atoms with Crippen LogP contribution in [0.4, 0.5) is 14.6 Å². The van der Waals surface area contributed by atoms with Gasteiger partial charge in [-0.15, -0.1) is 0 Å². The van der Waals surface area contributed by atoms with E-state index in [0.29, 0.717) is 0 Å². The zero-order valence-corrected chi connectivity index (χ0v) is 8.03. The van der Waals surface area contributed by atoms with Gasteiger partial charge in [0.15, 0.2) is 0 Å².